The summed E-state index contributed by atoms with van der Waals surface area (Å²) in [4.78, 5) is 26.8. The van der Waals surface area contributed by atoms with Crippen LogP contribution in [-0.4, -0.2) is 33.8 Å². The molecule has 0 spiro atoms. The molecular weight excluding hydrogens is 260 g/mol. The number of carbonyl (C=O) groups excluding carboxylic acids is 1. The first-order chi connectivity index (χ1) is 9.19. The maximum Gasteiger partial charge on any atom is 0.408 e. The molecule has 0 fully saturated rings. The van der Waals surface area contributed by atoms with Crippen LogP contribution in [0.5, 0.6) is 0 Å². The molecule has 1 aromatic rings. The molecule has 6 nitrogen and oxygen atoms in total. The quantitative estimate of drug-likeness (QED) is 0.879. The van der Waals surface area contributed by atoms with Crippen LogP contribution in [0, 0.1) is 6.92 Å². The number of aromatic nitrogens is 1. The summed E-state index contributed by atoms with van der Waals surface area (Å²) in [5, 5.41) is 11.6. The molecule has 0 radical (unpaired) electrons. The molecule has 6 heteroatoms. The predicted octanol–water partition coefficient (Wildman–Crippen LogP) is 1.91. The third kappa shape index (κ3) is 5.26. The van der Waals surface area contributed by atoms with Gasteiger partial charge in [-0.1, -0.05) is 0 Å². The van der Waals surface area contributed by atoms with E-state index in [-0.39, 0.29) is 6.42 Å². The number of rotatable bonds is 4. The van der Waals surface area contributed by atoms with Crippen LogP contribution >= 0.6 is 0 Å². The average Bonchev–Trinajstić information content (AvgIpc) is 2.28. The number of nitrogens with zero attached hydrogens (tertiary/aromatic N) is 1. The van der Waals surface area contributed by atoms with Crippen LogP contribution in [-0.2, 0) is 16.0 Å². The van der Waals surface area contributed by atoms with E-state index in [4.69, 9.17) is 4.74 Å². The largest absolute Gasteiger partial charge is 0.480 e. The van der Waals surface area contributed by atoms with E-state index in [1.54, 1.807) is 39.2 Å². The fourth-order valence-corrected chi connectivity index (χ4v) is 1.60. The molecule has 0 aliphatic carbocycles. The number of ether oxygens (including phenoxy) is 1. The van der Waals surface area contributed by atoms with Crippen molar-refractivity contribution in [1.82, 2.24) is 10.3 Å². The van der Waals surface area contributed by atoms with Gasteiger partial charge in [0.05, 0.1) is 0 Å². The van der Waals surface area contributed by atoms with Gasteiger partial charge in [-0.05, 0) is 44.9 Å². The van der Waals surface area contributed by atoms with Crippen molar-refractivity contribution in [1.29, 1.82) is 0 Å². The van der Waals surface area contributed by atoms with Crippen molar-refractivity contribution in [3.05, 3.63) is 29.6 Å². The summed E-state index contributed by atoms with van der Waals surface area (Å²) in [6, 6.07) is 0.702. The summed E-state index contributed by atoms with van der Waals surface area (Å²) in [6.07, 6.45) is 2.69. The van der Waals surface area contributed by atoms with Crippen LogP contribution in [0.3, 0.4) is 0 Å². The molecule has 1 aromatic heterocycles. The number of nitrogens with one attached hydrogen (secondary N) is 1. The van der Waals surface area contributed by atoms with E-state index in [1.165, 1.54) is 0 Å². The molecule has 20 heavy (non-hydrogen) atoms. The highest BCUT2D eigenvalue weighted by molar-refractivity contribution is 5.80. The fourth-order valence-electron chi connectivity index (χ4n) is 1.60. The smallest absolute Gasteiger partial charge is 0.408 e. The van der Waals surface area contributed by atoms with Gasteiger partial charge in [-0.3, -0.25) is 4.98 Å². The molecule has 110 valence electrons. The van der Waals surface area contributed by atoms with E-state index >= 15 is 0 Å². The van der Waals surface area contributed by atoms with Crippen molar-refractivity contribution in [2.45, 2.75) is 45.8 Å². The van der Waals surface area contributed by atoms with Crippen molar-refractivity contribution in [3.8, 4) is 0 Å². The van der Waals surface area contributed by atoms with E-state index in [1.807, 2.05) is 6.92 Å². The fraction of sp³-hybridized carbons (Fsp3) is 0.500. The van der Waals surface area contributed by atoms with Gasteiger partial charge >= 0.3 is 12.1 Å². The van der Waals surface area contributed by atoms with Crippen molar-refractivity contribution in [2.75, 3.05) is 0 Å². The zero-order valence-corrected chi connectivity index (χ0v) is 12.1. The van der Waals surface area contributed by atoms with Gasteiger partial charge in [-0.15, -0.1) is 0 Å². The van der Waals surface area contributed by atoms with Crippen molar-refractivity contribution in [2.24, 2.45) is 0 Å². The minimum absolute atomic E-state index is 0.183. The predicted molar refractivity (Wildman–Crippen MR) is 73.5 cm³/mol. The Morgan fingerprint density at radius 1 is 1.45 bits per heavy atom. The number of aliphatic carboxylic acids is 1. The summed E-state index contributed by atoms with van der Waals surface area (Å²) in [5.41, 5.74) is 1.04. The maximum absolute atomic E-state index is 11.6. The Hall–Kier alpha value is -2.11. The third-order valence-electron chi connectivity index (χ3n) is 2.55. The molecule has 0 bridgehead atoms. The minimum Gasteiger partial charge on any atom is -0.480 e. The molecule has 0 saturated heterocycles. The normalized spacial score (nSPS) is 12.6. The van der Waals surface area contributed by atoms with E-state index in [2.05, 4.69) is 10.3 Å². The van der Waals surface area contributed by atoms with Gasteiger partial charge in [0.1, 0.15) is 11.6 Å². The van der Waals surface area contributed by atoms with Gasteiger partial charge < -0.3 is 15.2 Å². The van der Waals surface area contributed by atoms with Crippen molar-refractivity contribution >= 4 is 12.1 Å². The second-order valence-corrected chi connectivity index (χ2v) is 5.54. The Morgan fingerprint density at radius 2 is 2.10 bits per heavy atom. The van der Waals surface area contributed by atoms with E-state index < -0.39 is 23.7 Å². The van der Waals surface area contributed by atoms with Gasteiger partial charge in [-0.2, -0.15) is 0 Å². The summed E-state index contributed by atoms with van der Waals surface area (Å²) in [7, 11) is 0. The maximum atomic E-state index is 11.6. The molecule has 0 aromatic carbocycles. The zero-order valence-electron chi connectivity index (χ0n) is 12.1. The first kappa shape index (κ1) is 15.9. The highest BCUT2D eigenvalue weighted by Crippen LogP contribution is 2.10. The first-order valence-corrected chi connectivity index (χ1v) is 6.31. The topological polar surface area (TPSA) is 88.5 Å². The number of amides is 1. The van der Waals surface area contributed by atoms with Crippen LogP contribution in [0.4, 0.5) is 4.79 Å². The SMILES string of the molecule is Cc1cnccc1CC(NC(=O)OC(C)(C)C)C(=O)O. The second-order valence-electron chi connectivity index (χ2n) is 5.54. The summed E-state index contributed by atoms with van der Waals surface area (Å²) in [6.45, 7) is 6.99. The molecule has 0 aliphatic heterocycles. The Morgan fingerprint density at radius 3 is 2.60 bits per heavy atom. The molecule has 1 rings (SSSR count). The molecular formula is C14H20N2O4. The first-order valence-electron chi connectivity index (χ1n) is 6.31. The number of pyridine rings is 1. The lowest BCUT2D eigenvalue weighted by Gasteiger charge is -2.22. The lowest BCUT2D eigenvalue weighted by molar-refractivity contribution is -0.139. The standard InChI is InChI=1S/C14H20N2O4/c1-9-8-15-6-5-10(9)7-11(12(17)18)16-13(19)20-14(2,3)4/h5-6,8,11H,7H2,1-4H3,(H,16,19)(H,17,18). The van der Waals surface area contributed by atoms with Crippen LogP contribution < -0.4 is 5.32 Å². The van der Waals surface area contributed by atoms with E-state index in [0.29, 0.717) is 0 Å². The number of hydrogen-bond acceptors (Lipinski definition) is 4. The van der Waals surface area contributed by atoms with Gasteiger partial charge in [0.15, 0.2) is 0 Å². The molecule has 2 N–H and O–H groups in total. The van der Waals surface area contributed by atoms with Gasteiger partial charge in [0.2, 0.25) is 0 Å². The number of carbonyl (C=O) groups is 2. The molecule has 0 aliphatic rings. The summed E-state index contributed by atoms with van der Waals surface area (Å²) < 4.78 is 5.06. The van der Waals surface area contributed by atoms with Gasteiger partial charge in [0.25, 0.3) is 0 Å². The Bertz CT molecular complexity index is 494. The van der Waals surface area contributed by atoms with E-state index in [9.17, 15) is 14.7 Å². The molecule has 1 heterocycles. The number of carboxylic acid groups (broad SMARTS) is 1. The molecule has 1 unspecified atom stereocenters. The Balaban J connectivity index is 2.74. The monoisotopic (exact) mass is 280 g/mol. The molecule has 1 atom stereocenters. The van der Waals surface area contributed by atoms with Gasteiger partial charge in [0, 0.05) is 18.8 Å². The second kappa shape index (κ2) is 6.36. The van der Waals surface area contributed by atoms with Gasteiger partial charge in [-0.25, -0.2) is 9.59 Å². The Kier molecular flexibility index (Phi) is 5.07. The highest BCUT2D eigenvalue weighted by Gasteiger charge is 2.24. The van der Waals surface area contributed by atoms with Crippen molar-refractivity contribution in [3.63, 3.8) is 0 Å². The highest BCUT2D eigenvalue weighted by atomic mass is 16.6. The zero-order chi connectivity index (χ0) is 15.3. The number of alkyl carbamates (subject to hydrolysis) is 1. The summed E-state index contributed by atoms with van der Waals surface area (Å²) in [5.74, 6) is -1.10. The number of carboxylic acids is 1. The molecule has 1 amide bonds. The third-order valence-corrected chi connectivity index (χ3v) is 2.55. The van der Waals surface area contributed by atoms with Crippen LogP contribution in [0.15, 0.2) is 18.5 Å². The van der Waals surface area contributed by atoms with Crippen LogP contribution in [0.1, 0.15) is 31.9 Å². The Labute approximate surface area is 118 Å². The lowest BCUT2D eigenvalue weighted by atomic mass is 10.0. The van der Waals surface area contributed by atoms with Crippen LogP contribution in [0.2, 0.25) is 0 Å². The lowest BCUT2D eigenvalue weighted by Crippen LogP contribution is -2.44. The average molecular weight is 280 g/mol. The number of hydrogen-bond donors (Lipinski definition) is 2. The van der Waals surface area contributed by atoms with Crippen LogP contribution in [0.25, 0.3) is 0 Å². The van der Waals surface area contributed by atoms with Crippen molar-refractivity contribution < 1.29 is 19.4 Å². The van der Waals surface area contributed by atoms with E-state index in [0.717, 1.165) is 11.1 Å². The summed E-state index contributed by atoms with van der Waals surface area (Å²) >= 11 is 0. The molecule has 0 saturated carbocycles. The minimum atomic E-state index is -1.10. The number of aryl methyl sites for hydroxylation is 1.